The van der Waals surface area contributed by atoms with Crippen molar-refractivity contribution in [1.29, 1.82) is 0 Å². The van der Waals surface area contributed by atoms with E-state index in [0.717, 1.165) is 12.1 Å². The average molecular weight is 258 g/mol. The lowest BCUT2D eigenvalue weighted by Gasteiger charge is -2.08. The smallest absolute Gasteiger partial charge is 0.252 e. The number of rotatable bonds is 5. The zero-order valence-electron chi connectivity index (χ0n) is 11.2. The van der Waals surface area contributed by atoms with Crippen LogP contribution in [-0.4, -0.2) is 21.5 Å². The average Bonchev–Trinajstić information content (AvgIpc) is 2.39. The van der Waals surface area contributed by atoms with Gasteiger partial charge in [0, 0.05) is 36.8 Å². The molecular weight excluding hydrogens is 240 g/mol. The number of hydrogen-bond acceptors (Lipinski definition) is 4. The van der Waals surface area contributed by atoms with Crippen LogP contribution < -0.4 is 10.9 Å². The first-order valence-corrected chi connectivity index (χ1v) is 6.40. The number of nitrogens with zero attached hydrogens (tertiary/aromatic N) is 2. The van der Waals surface area contributed by atoms with Crippen LogP contribution in [0.2, 0.25) is 0 Å². The molecule has 2 rings (SSSR count). The predicted octanol–water partition coefficient (Wildman–Crippen LogP) is 1.94. The number of H-pyrrole nitrogens is 1. The fourth-order valence-corrected chi connectivity index (χ4v) is 1.71. The molecule has 0 saturated heterocycles. The molecule has 0 aliphatic rings. The van der Waals surface area contributed by atoms with E-state index >= 15 is 0 Å². The summed E-state index contributed by atoms with van der Waals surface area (Å²) in [6.07, 6.45) is 2.57. The maximum Gasteiger partial charge on any atom is 0.252 e. The zero-order chi connectivity index (χ0) is 13.7. The molecule has 0 aliphatic heterocycles. The molecular formula is C14H18N4O. The second kappa shape index (κ2) is 6.13. The third-order valence-electron chi connectivity index (χ3n) is 2.72. The molecule has 0 bridgehead atoms. The minimum absolute atomic E-state index is 0.126. The van der Waals surface area contributed by atoms with Crippen LogP contribution in [0.15, 0.2) is 35.3 Å². The third kappa shape index (κ3) is 3.91. The van der Waals surface area contributed by atoms with Crippen molar-refractivity contribution in [3.63, 3.8) is 0 Å². The number of pyridine rings is 1. The highest BCUT2D eigenvalue weighted by Gasteiger charge is 2.04. The van der Waals surface area contributed by atoms with Crippen molar-refractivity contribution in [2.24, 2.45) is 0 Å². The van der Waals surface area contributed by atoms with E-state index in [1.165, 1.54) is 6.07 Å². The molecule has 2 aromatic rings. The predicted molar refractivity (Wildman–Crippen MR) is 75.4 cm³/mol. The van der Waals surface area contributed by atoms with Crippen molar-refractivity contribution >= 4 is 5.82 Å². The van der Waals surface area contributed by atoms with Crippen molar-refractivity contribution in [2.45, 2.75) is 26.2 Å². The summed E-state index contributed by atoms with van der Waals surface area (Å²) in [5.74, 6) is 1.52. The number of aromatic amines is 1. The summed E-state index contributed by atoms with van der Waals surface area (Å²) in [5, 5.41) is 3.16. The van der Waals surface area contributed by atoms with Gasteiger partial charge < -0.3 is 10.3 Å². The summed E-state index contributed by atoms with van der Waals surface area (Å²) in [7, 11) is 0. The standard InChI is InChI=1S/C14H18N4O/c1-10(2)14-17-12(9-13(19)18-14)16-8-6-11-5-3-4-7-15-11/h3-5,7,9-10H,6,8H2,1-2H3,(H2,16,17,18,19). The molecule has 0 radical (unpaired) electrons. The van der Waals surface area contributed by atoms with Crippen LogP contribution in [0.3, 0.4) is 0 Å². The summed E-state index contributed by atoms with van der Waals surface area (Å²) >= 11 is 0. The van der Waals surface area contributed by atoms with Gasteiger partial charge in [0.2, 0.25) is 0 Å². The minimum Gasteiger partial charge on any atom is -0.369 e. The molecule has 0 fully saturated rings. The fraction of sp³-hybridized carbons (Fsp3) is 0.357. The van der Waals surface area contributed by atoms with Crippen LogP contribution >= 0.6 is 0 Å². The van der Waals surface area contributed by atoms with Crippen molar-refractivity contribution in [3.05, 3.63) is 52.3 Å². The van der Waals surface area contributed by atoms with E-state index in [1.54, 1.807) is 6.20 Å². The van der Waals surface area contributed by atoms with Gasteiger partial charge in [-0.1, -0.05) is 19.9 Å². The van der Waals surface area contributed by atoms with Gasteiger partial charge in [0.1, 0.15) is 11.6 Å². The number of hydrogen-bond donors (Lipinski definition) is 2. The lowest BCUT2D eigenvalue weighted by Crippen LogP contribution is -2.15. The van der Waals surface area contributed by atoms with E-state index in [0.29, 0.717) is 18.2 Å². The molecule has 2 aromatic heterocycles. The molecule has 0 aliphatic carbocycles. The Hall–Kier alpha value is -2.17. The Morgan fingerprint density at radius 1 is 1.37 bits per heavy atom. The van der Waals surface area contributed by atoms with E-state index in [1.807, 2.05) is 32.0 Å². The van der Waals surface area contributed by atoms with Crippen LogP contribution in [-0.2, 0) is 6.42 Å². The first-order chi connectivity index (χ1) is 9.15. The number of anilines is 1. The minimum atomic E-state index is -0.126. The first-order valence-electron chi connectivity index (χ1n) is 6.40. The summed E-state index contributed by atoms with van der Waals surface area (Å²) in [6.45, 7) is 4.69. The van der Waals surface area contributed by atoms with Crippen LogP contribution in [0.5, 0.6) is 0 Å². The zero-order valence-corrected chi connectivity index (χ0v) is 11.2. The molecule has 0 atom stereocenters. The first kappa shape index (κ1) is 13.3. The topological polar surface area (TPSA) is 70.7 Å². The highest BCUT2D eigenvalue weighted by molar-refractivity contribution is 5.33. The van der Waals surface area contributed by atoms with Gasteiger partial charge in [-0.2, -0.15) is 0 Å². The highest BCUT2D eigenvalue weighted by Crippen LogP contribution is 2.09. The third-order valence-corrected chi connectivity index (χ3v) is 2.72. The van der Waals surface area contributed by atoms with Crippen LogP contribution in [0.4, 0.5) is 5.82 Å². The summed E-state index contributed by atoms with van der Waals surface area (Å²) < 4.78 is 0. The molecule has 0 spiro atoms. The van der Waals surface area contributed by atoms with E-state index in [4.69, 9.17) is 0 Å². The molecule has 0 aromatic carbocycles. The molecule has 100 valence electrons. The monoisotopic (exact) mass is 258 g/mol. The van der Waals surface area contributed by atoms with Crippen molar-refractivity contribution in [2.75, 3.05) is 11.9 Å². The van der Waals surface area contributed by atoms with Gasteiger partial charge in [-0.25, -0.2) is 4.98 Å². The molecule has 0 unspecified atom stereocenters. The van der Waals surface area contributed by atoms with Crippen LogP contribution in [0, 0.1) is 0 Å². The molecule has 5 heteroatoms. The van der Waals surface area contributed by atoms with E-state index in [2.05, 4.69) is 20.3 Å². The summed E-state index contributed by atoms with van der Waals surface area (Å²) in [5.41, 5.74) is 0.892. The molecule has 19 heavy (non-hydrogen) atoms. The van der Waals surface area contributed by atoms with Gasteiger partial charge >= 0.3 is 0 Å². The quantitative estimate of drug-likeness (QED) is 0.860. The SMILES string of the molecule is CC(C)c1nc(NCCc2ccccn2)cc(=O)[nH]1. The van der Waals surface area contributed by atoms with Crippen molar-refractivity contribution in [3.8, 4) is 0 Å². The molecule has 5 nitrogen and oxygen atoms in total. The van der Waals surface area contributed by atoms with E-state index in [9.17, 15) is 4.79 Å². The van der Waals surface area contributed by atoms with Gasteiger partial charge in [0.15, 0.2) is 0 Å². The summed E-state index contributed by atoms with van der Waals surface area (Å²) in [6, 6.07) is 7.31. The molecule has 2 heterocycles. The number of aromatic nitrogens is 3. The van der Waals surface area contributed by atoms with E-state index < -0.39 is 0 Å². The van der Waals surface area contributed by atoms with Crippen molar-refractivity contribution in [1.82, 2.24) is 15.0 Å². The highest BCUT2D eigenvalue weighted by atomic mass is 16.1. The molecule has 0 amide bonds. The maximum atomic E-state index is 11.5. The maximum absolute atomic E-state index is 11.5. The Labute approximate surface area is 112 Å². The Kier molecular flexibility index (Phi) is 4.28. The van der Waals surface area contributed by atoms with Gasteiger partial charge in [-0.15, -0.1) is 0 Å². The molecule has 0 saturated carbocycles. The van der Waals surface area contributed by atoms with Gasteiger partial charge in [0.25, 0.3) is 5.56 Å². The normalized spacial score (nSPS) is 10.7. The van der Waals surface area contributed by atoms with Crippen molar-refractivity contribution < 1.29 is 0 Å². The fourth-order valence-electron chi connectivity index (χ4n) is 1.71. The van der Waals surface area contributed by atoms with Crippen LogP contribution in [0.25, 0.3) is 0 Å². The van der Waals surface area contributed by atoms with Crippen LogP contribution in [0.1, 0.15) is 31.3 Å². The second-order valence-corrected chi connectivity index (χ2v) is 4.67. The second-order valence-electron chi connectivity index (χ2n) is 4.67. The number of nitrogens with one attached hydrogen (secondary N) is 2. The molecule has 2 N–H and O–H groups in total. The van der Waals surface area contributed by atoms with Gasteiger partial charge in [0.05, 0.1) is 0 Å². The lowest BCUT2D eigenvalue weighted by atomic mass is 10.2. The van der Waals surface area contributed by atoms with E-state index in [-0.39, 0.29) is 11.5 Å². The Morgan fingerprint density at radius 3 is 2.89 bits per heavy atom. The summed E-state index contributed by atoms with van der Waals surface area (Å²) in [4.78, 5) is 22.9. The Bertz CT molecular complexity index is 577. The Balaban J connectivity index is 1.98. The van der Waals surface area contributed by atoms with Gasteiger partial charge in [-0.3, -0.25) is 9.78 Å². The van der Waals surface area contributed by atoms with Gasteiger partial charge in [-0.05, 0) is 12.1 Å². The lowest BCUT2D eigenvalue weighted by molar-refractivity contribution is 0.766. The Morgan fingerprint density at radius 2 is 2.21 bits per heavy atom. The largest absolute Gasteiger partial charge is 0.369 e.